The van der Waals surface area contributed by atoms with Gasteiger partial charge in [-0.15, -0.1) is 0 Å². The molecular weight excluding hydrogens is 242 g/mol. The van der Waals surface area contributed by atoms with Crippen LogP contribution in [0.4, 0.5) is 0 Å². The van der Waals surface area contributed by atoms with E-state index in [1.807, 2.05) is 25.7 Å². The second kappa shape index (κ2) is 6.35. The number of rotatable bonds is 7. The maximum absolute atomic E-state index is 11.0. The lowest BCUT2D eigenvalue weighted by molar-refractivity contribution is -0.137. The molecule has 0 radical (unpaired) electrons. The molecule has 0 amide bonds. The standard InChI is InChI=1S/C11H23NO4S/c1-11(2,3)12(8-6-10(13)14)7-5-9-17(4,15)16/h5-9H2,1-4H3,(H,13,14). The third-order valence-corrected chi connectivity index (χ3v) is 3.52. The zero-order valence-electron chi connectivity index (χ0n) is 11.1. The van der Waals surface area contributed by atoms with Crippen LogP contribution in [-0.2, 0) is 14.6 Å². The zero-order chi connectivity index (χ0) is 13.7. The highest BCUT2D eigenvalue weighted by molar-refractivity contribution is 7.90. The fraction of sp³-hybridized carbons (Fsp3) is 0.909. The Labute approximate surface area is 104 Å². The topological polar surface area (TPSA) is 74.7 Å². The normalized spacial score (nSPS) is 13.0. The monoisotopic (exact) mass is 265 g/mol. The third kappa shape index (κ3) is 9.12. The van der Waals surface area contributed by atoms with Crippen LogP contribution in [0.2, 0.25) is 0 Å². The molecule has 102 valence electrons. The van der Waals surface area contributed by atoms with Gasteiger partial charge in [0.25, 0.3) is 0 Å². The maximum Gasteiger partial charge on any atom is 0.304 e. The SMILES string of the molecule is CC(C)(C)N(CCCS(C)(=O)=O)CCC(=O)O. The predicted molar refractivity (Wildman–Crippen MR) is 67.9 cm³/mol. The molecule has 5 nitrogen and oxygen atoms in total. The molecule has 0 aromatic carbocycles. The second-order valence-electron chi connectivity index (χ2n) is 5.29. The second-order valence-corrected chi connectivity index (χ2v) is 7.54. The molecular formula is C11H23NO4S. The molecule has 0 unspecified atom stereocenters. The predicted octanol–water partition coefficient (Wildman–Crippen LogP) is 0.996. The Kier molecular flexibility index (Phi) is 6.12. The van der Waals surface area contributed by atoms with Crippen molar-refractivity contribution >= 4 is 15.8 Å². The van der Waals surface area contributed by atoms with Crippen molar-refractivity contribution < 1.29 is 18.3 Å². The van der Waals surface area contributed by atoms with Crippen molar-refractivity contribution in [3.8, 4) is 0 Å². The van der Waals surface area contributed by atoms with Gasteiger partial charge in [-0.25, -0.2) is 8.42 Å². The summed E-state index contributed by atoms with van der Waals surface area (Å²) in [6.07, 6.45) is 1.83. The van der Waals surface area contributed by atoms with E-state index < -0.39 is 15.8 Å². The summed E-state index contributed by atoms with van der Waals surface area (Å²) in [4.78, 5) is 12.5. The largest absolute Gasteiger partial charge is 0.481 e. The fourth-order valence-electron chi connectivity index (χ4n) is 1.53. The molecule has 0 bridgehead atoms. The van der Waals surface area contributed by atoms with Crippen molar-refractivity contribution in [2.75, 3.05) is 25.1 Å². The first-order valence-corrected chi connectivity index (χ1v) is 7.73. The van der Waals surface area contributed by atoms with E-state index >= 15 is 0 Å². The number of nitrogens with zero attached hydrogens (tertiary/aromatic N) is 1. The Morgan fingerprint density at radius 1 is 1.24 bits per heavy atom. The number of hydrogen-bond acceptors (Lipinski definition) is 4. The first kappa shape index (κ1) is 16.4. The van der Waals surface area contributed by atoms with E-state index in [0.717, 1.165) is 0 Å². The number of carboxylic acids is 1. The van der Waals surface area contributed by atoms with Gasteiger partial charge in [-0.1, -0.05) is 0 Å². The Morgan fingerprint density at radius 3 is 2.12 bits per heavy atom. The highest BCUT2D eigenvalue weighted by atomic mass is 32.2. The van der Waals surface area contributed by atoms with Gasteiger partial charge in [-0.05, 0) is 33.7 Å². The van der Waals surface area contributed by atoms with Gasteiger partial charge in [0.15, 0.2) is 0 Å². The summed E-state index contributed by atoms with van der Waals surface area (Å²) in [7, 11) is -2.94. The van der Waals surface area contributed by atoms with Gasteiger partial charge in [0.2, 0.25) is 0 Å². The van der Waals surface area contributed by atoms with Gasteiger partial charge in [0, 0.05) is 18.3 Å². The minimum atomic E-state index is -2.94. The van der Waals surface area contributed by atoms with Gasteiger partial charge in [0.05, 0.1) is 12.2 Å². The summed E-state index contributed by atoms with van der Waals surface area (Å²) in [6, 6.07) is 0. The fourth-order valence-corrected chi connectivity index (χ4v) is 2.18. The minimum absolute atomic E-state index is 0.0795. The van der Waals surface area contributed by atoms with E-state index in [-0.39, 0.29) is 17.7 Å². The van der Waals surface area contributed by atoms with Crippen molar-refractivity contribution in [3.05, 3.63) is 0 Å². The summed E-state index contributed by atoms with van der Waals surface area (Å²) >= 11 is 0. The van der Waals surface area contributed by atoms with Crippen molar-refractivity contribution in [1.29, 1.82) is 0 Å². The van der Waals surface area contributed by atoms with Crippen LogP contribution in [0, 0.1) is 0 Å². The molecule has 0 aliphatic rings. The number of carbonyl (C=O) groups is 1. The van der Waals surface area contributed by atoms with Gasteiger partial charge in [-0.2, -0.15) is 0 Å². The van der Waals surface area contributed by atoms with Crippen LogP contribution in [0.15, 0.2) is 0 Å². The van der Waals surface area contributed by atoms with E-state index in [0.29, 0.717) is 19.5 Å². The molecule has 0 heterocycles. The van der Waals surface area contributed by atoms with Crippen LogP contribution in [0.3, 0.4) is 0 Å². The summed E-state index contributed by atoms with van der Waals surface area (Å²) < 4.78 is 22.0. The molecule has 1 N–H and O–H groups in total. The van der Waals surface area contributed by atoms with Crippen molar-refractivity contribution in [1.82, 2.24) is 4.90 Å². The molecule has 6 heteroatoms. The lowest BCUT2D eigenvalue weighted by atomic mass is 10.1. The lowest BCUT2D eigenvalue weighted by Gasteiger charge is -2.35. The number of carboxylic acid groups (broad SMARTS) is 1. The molecule has 0 aliphatic heterocycles. The average molecular weight is 265 g/mol. The van der Waals surface area contributed by atoms with Crippen LogP contribution in [-0.4, -0.2) is 55.0 Å². The average Bonchev–Trinajstić information content (AvgIpc) is 2.06. The van der Waals surface area contributed by atoms with Crippen molar-refractivity contribution in [3.63, 3.8) is 0 Å². The van der Waals surface area contributed by atoms with Gasteiger partial charge in [0.1, 0.15) is 9.84 Å². The van der Waals surface area contributed by atoms with E-state index in [1.165, 1.54) is 6.26 Å². The van der Waals surface area contributed by atoms with Crippen LogP contribution in [0.1, 0.15) is 33.6 Å². The third-order valence-electron chi connectivity index (χ3n) is 2.49. The van der Waals surface area contributed by atoms with E-state index in [2.05, 4.69) is 0 Å². The molecule has 0 fully saturated rings. The smallest absolute Gasteiger partial charge is 0.304 e. The summed E-state index contributed by atoms with van der Waals surface area (Å²) in [5.41, 5.74) is -0.146. The summed E-state index contributed by atoms with van der Waals surface area (Å²) in [6.45, 7) is 7.03. The zero-order valence-corrected chi connectivity index (χ0v) is 11.9. The molecule has 0 aromatic heterocycles. The first-order chi connectivity index (χ1) is 7.52. The van der Waals surface area contributed by atoms with Gasteiger partial charge in [-0.3, -0.25) is 9.69 Å². The Morgan fingerprint density at radius 2 is 1.76 bits per heavy atom. The van der Waals surface area contributed by atoms with Crippen LogP contribution in [0.5, 0.6) is 0 Å². The highest BCUT2D eigenvalue weighted by Crippen LogP contribution is 2.14. The van der Waals surface area contributed by atoms with Gasteiger partial charge < -0.3 is 5.11 Å². The minimum Gasteiger partial charge on any atom is -0.481 e. The van der Waals surface area contributed by atoms with E-state index in [9.17, 15) is 13.2 Å². The number of hydrogen-bond donors (Lipinski definition) is 1. The number of aliphatic carboxylic acids is 1. The molecule has 0 rings (SSSR count). The maximum atomic E-state index is 11.0. The Bertz CT molecular complexity index is 343. The van der Waals surface area contributed by atoms with Crippen LogP contribution >= 0.6 is 0 Å². The van der Waals surface area contributed by atoms with Crippen molar-refractivity contribution in [2.45, 2.75) is 39.2 Å². The molecule has 17 heavy (non-hydrogen) atoms. The van der Waals surface area contributed by atoms with Crippen molar-refractivity contribution in [2.24, 2.45) is 0 Å². The quantitative estimate of drug-likeness (QED) is 0.743. The van der Waals surface area contributed by atoms with E-state index in [1.54, 1.807) is 0 Å². The molecule has 0 spiro atoms. The molecule has 0 saturated heterocycles. The summed E-state index contributed by atoms with van der Waals surface area (Å²) in [5, 5.41) is 8.66. The van der Waals surface area contributed by atoms with E-state index in [4.69, 9.17) is 5.11 Å². The van der Waals surface area contributed by atoms with Crippen LogP contribution < -0.4 is 0 Å². The summed E-state index contributed by atoms with van der Waals surface area (Å²) in [5.74, 6) is -0.686. The lowest BCUT2D eigenvalue weighted by Crippen LogP contribution is -2.43. The number of sulfone groups is 1. The van der Waals surface area contributed by atoms with Crippen LogP contribution in [0.25, 0.3) is 0 Å². The molecule has 0 atom stereocenters. The first-order valence-electron chi connectivity index (χ1n) is 5.67. The Hall–Kier alpha value is -0.620. The molecule has 0 aromatic rings. The van der Waals surface area contributed by atoms with Gasteiger partial charge >= 0.3 is 5.97 Å². The highest BCUT2D eigenvalue weighted by Gasteiger charge is 2.21. The Balaban J connectivity index is 4.26. The molecule has 0 aliphatic carbocycles. The molecule has 0 saturated carbocycles.